The Morgan fingerprint density at radius 3 is 3.00 bits per heavy atom. The summed E-state index contributed by atoms with van der Waals surface area (Å²) >= 11 is 3.41. The molecule has 0 saturated heterocycles. The van der Waals surface area contributed by atoms with E-state index in [0.29, 0.717) is 0 Å². The van der Waals surface area contributed by atoms with Gasteiger partial charge in [-0.2, -0.15) is 5.10 Å². The van der Waals surface area contributed by atoms with E-state index in [9.17, 15) is 0 Å². The van der Waals surface area contributed by atoms with E-state index in [-0.39, 0.29) is 6.04 Å². The van der Waals surface area contributed by atoms with Crippen molar-refractivity contribution in [2.24, 2.45) is 5.73 Å². The lowest BCUT2D eigenvalue weighted by Crippen LogP contribution is -2.06. The number of aromatic nitrogens is 3. The molecule has 0 fully saturated rings. The third kappa shape index (κ3) is 1.34. The second-order valence-electron chi connectivity index (χ2n) is 2.87. The van der Waals surface area contributed by atoms with Crippen LogP contribution in [0.4, 0.5) is 0 Å². The van der Waals surface area contributed by atoms with Crippen LogP contribution in [0.5, 0.6) is 0 Å². The molecule has 2 N–H and O–H groups in total. The number of imidazole rings is 1. The van der Waals surface area contributed by atoms with Crippen molar-refractivity contribution in [1.29, 1.82) is 0 Å². The Balaban J connectivity index is 2.74. The molecule has 1 atom stereocenters. The van der Waals surface area contributed by atoms with Crippen LogP contribution in [0.2, 0.25) is 0 Å². The molecule has 0 bridgehead atoms. The number of hydrogen-bond acceptors (Lipinski definition) is 3. The van der Waals surface area contributed by atoms with Gasteiger partial charge < -0.3 is 5.73 Å². The van der Waals surface area contributed by atoms with E-state index < -0.39 is 0 Å². The van der Waals surface area contributed by atoms with Gasteiger partial charge in [-0.3, -0.25) is 0 Å². The number of nitrogens with two attached hydrogens (primary N) is 1. The maximum absolute atomic E-state index is 5.74. The van der Waals surface area contributed by atoms with Crippen molar-refractivity contribution >= 4 is 21.6 Å². The first-order valence-corrected chi connectivity index (χ1v) is 4.74. The fraction of sp³-hybridized carbons (Fsp3) is 0.250. The molecule has 2 aromatic rings. The summed E-state index contributed by atoms with van der Waals surface area (Å²) in [6.45, 7) is 1.90. The van der Waals surface area contributed by atoms with Gasteiger partial charge in [-0.15, -0.1) is 0 Å². The third-order valence-corrected chi connectivity index (χ3v) is 2.54. The predicted molar refractivity (Wildman–Crippen MR) is 53.3 cm³/mol. The highest BCUT2D eigenvalue weighted by atomic mass is 79.9. The highest BCUT2D eigenvalue weighted by molar-refractivity contribution is 9.10. The molecule has 0 spiro atoms. The number of rotatable bonds is 1. The second-order valence-corrected chi connectivity index (χ2v) is 3.62. The largest absolute Gasteiger partial charge is 0.323 e. The summed E-state index contributed by atoms with van der Waals surface area (Å²) in [4.78, 5) is 4.34. The van der Waals surface area contributed by atoms with Gasteiger partial charge in [-0.1, -0.05) is 0 Å². The maximum Gasteiger partial charge on any atom is 0.155 e. The summed E-state index contributed by atoms with van der Waals surface area (Å²) in [6.07, 6.45) is 1.71. The highest BCUT2D eigenvalue weighted by Gasteiger charge is 2.12. The van der Waals surface area contributed by atoms with Gasteiger partial charge in [-0.25, -0.2) is 9.50 Å². The Hall–Kier alpha value is -0.940. The fourth-order valence-electron chi connectivity index (χ4n) is 1.17. The van der Waals surface area contributed by atoms with Gasteiger partial charge in [0.2, 0.25) is 0 Å². The zero-order chi connectivity index (χ0) is 9.42. The average Bonchev–Trinajstić information content (AvgIpc) is 2.45. The van der Waals surface area contributed by atoms with Gasteiger partial charge in [0.15, 0.2) is 5.65 Å². The van der Waals surface area contributed by atoms with E-state index in [1.54, 1.807) is 10.7 Å². The average molecular weight is 241 g/mol. The van der Waals surface area contributed by atoms with Crippen LogP contribution < -0.4 is 5.73 Å². The summed E-state index contributed by atoms with van der Waals surface area (Å²) < 4.78 is 2.55. The van der Waals surface area contributed by atoms with Gasteiger partial charge in [0.25, 0.3) is 0 Å². The Morgan fingerprint density at radius 1 is 1.62 bits per heavy atom. The SMILES string of the molecule is CC(N)c1nc2cccnn2c1Br. The predicted octanol–water partition coefficient (Wildman–Crippen LogP) is 1.51. The minimum absolute atomic E-state index is 0.0870. The van der Waals surface area contributed by atoms with E-state index in [2.05, 4.69) is 26.0 Å². The minimum Gasteiger partial charge on any atom is -0.323 e. The van der Waals surface area contributed by atoms with Crippen LogP contribution in [0.25, 0.3) is 5.65 Å². The number of hydrogen-bond donors (Lipinski definition) is 1. The highest BCUT2D eigenvalue weighted by Crippen LogP contribution is 2.21. The van der Waals surface area contributed by atoms with E-state index >= 15 is 0 Å². The zero-order valence-electron chi connectivity index (χ0n) is 7.11. The summed E-state index contributed by atoms with van der Waals surface area (Å²) in [7, 11) is 0. The smallest absolute Gasteiger partial charge is 0.155 e. The van der Waals surface area contributed by atoms with E-state index in [4.69, 9.17) is 5.73 Å². The molecule has 0 radical (unpaired) electrons. The van der Waals surface area contributed by atoms with Gasteiger partial charge in [0.05, 0.1) is 5.69 Å². The normalized spacial score (nSPS) is 13.5. The second kappa shape index (κ2) is 3.08. The molecule has 0 aliphatic rings. The molecule has 5 heteroatoms. The van der Waals surface area contributed by atoms with Crippen LogP contribution in [0.15, 0.2) is 22.9 Å². The van der Waals surface area contributed by atoms with Crippen LogP contribution in [-0.2, 0) is 0 Å². The van der Waals surface area contributed by atoms with Crippen molar-refractivity contribution < 1.29 is 0 Å². The zero-order valence-corrected chi connectivity index (χ0v) is 8.69. The summed E-state index contributed by atoms with van der Waals surface area (Å²) in [5.74, 6) is 0. The first-order valence-electron chi connectivity index (χ1n) is 3.95. The van der Waals surface area contributed by atoms with Crippen molar-refractivity contribution in [3.05, 3.63) is 28.6 Å². The monoisotopic (exact) mass is 240 g/mol. The van der Waals surface area contributed by atoms with Crippen LogP contribution >= 0.6 is 15.9 Å². The Bertz CT molecular complexity index is 435. The van der Waals surface area contributed by atoms with Crippen molar-refractivity contribution in [1.82, 2.24) is 14.6 Å². The van der Waals surface area contributed by atoms with Crippen molar-refractivity contribution in [2.45, 2.75) is 13.0 Å². The maximum atomic E-state index is 5.74. The number of nitrogens with zero attached hydrogens (tertiary/aromatic N) is 3. The summed E-state index contributed by atoms with van der Waals surface area (Å²) in [5.41, 5.74) is 7.38. The van der Waals surface area contributed by atoms with Gasteiger partial charge >= 0.3 is 0 Å². The van der Waals surface area contributed by atoms with E-state index in [1.807, 2.05) is 19.1 Å². The Kier molecular flexibility index (Phi) is 2.05. The van der Waals surface area contributed by atoms with Crippen LogP contribution in [0.3, 0.4) is 0 Å². The van der Waals surface area contributed by atoms with Gasteiger partial charge in [0.1, 0.15) is 4.60 Å². The first-order chi connectivity index (χ1) is 6.20. The van der Waals surface area contributed by atoms with Crippen molar-refractivity contribution in [3.63, 3.8) is 0 Å². The fourth-order valence-corrected chi connectivity index (χ4v) is 1.89. The summed E-state index contributed by atoms with van der Waals surface area (Å²) in [5, 5.41) is 4.14. The van der Waals surface area contributed by atoms with Crippen LogP contribution in [0, 0.1) is 0 Å². The standard InChI is InChI=1S/C8H9BrN4/c1-5(10)7-8(9)13-6(12-7)3-2-4-11-13/h2-5H,10H2,1H3. The lowest BCUT2D eigenvalue weighted by molar-refractivity contribution is 0.778. The number of fused-ring (bicyclic) bond motifs is 1. The molecular weight excluding hydrogens is 232 g/mol. The van der Waals surface area contributed by atoms with Crippen LogP contribution in [-0.4, -0.2) is 14.6 Å². The number of halogens is 1. The minimum atomic E-state index is -0.0870. The third-order valence-electron chi connectivity index (χ3n) is 1.79. The van der Waals surface area contributed by atoms with Crippen LogP contribution in [0.1, 0.15) is 18.7 Å². The van der Waals surface area contributed by atoms with E-state index in [0.717, 1.165) is 15.9 Å². The summed E-state index contributed by atoms with van der Waals surface area (Å²) in [6, 6.07) is 3.65. The molecule has 4 nitrogen and oxygen atoms in total. The van der Waals surface area contributed by atoms with Crippen molar-refractivity contribution in [3.8, 4) is 0 Å². The molecule has 2 heterocycles. The molecule has 13 heavy (non-hydrogen) atoms. The quantitative estimate of drug-likeness (QED) is 0.823. The molecule has 0 saturated carbocycles. The lowest BCUT2D eigenvalue weighted by atomic mass is 10.3. The first kappa shape index (κ1) is 8.65. The lowest BCUT2D eigenvalue weighted by Gasteiger charge is -1.99. The molecule has 0 aliphatic heterocycles. The molecule has 2 aromatic heterocycles. The Labute approximate surface area is 83.9 Å². The molecule has 0 aromatic carbocycles. The molecule has 1 unspecified atom stereocenters. The van der Waals surface area contributed by atoms with Crippen molar-refractivity contribution in [2.75, 3.05) is 0 Å². The molecule has 0 aliphatic carbocycles. The van der Waals surface area contributed by atoms with Gasteiger partial charge in [0, 0.05) is 12.2 Å². The topological polar surface area (TPSA) is 56.2 Å². The van der Waals surface area contributed by atoms with E-state index in [1.165, 1.54) is 0 Å². The van der Waals surface area contributed by atoms with Gasteiger partial charge in [-0.05, 0) is 35.0 Å². The molecule has 68 valence electrons. The Morgan fingerprint density at radius 2 is 2.38 bits per heavy atom. The molecular formula is C8H9BrN4. The molecule has 0 amide bonds. The molecule has 2 rings (SSSR count).